The second kappa shape index (κ2) is 8.21. The number of aliphatic hydroxyl groups is 1. The highest BCUT2D eigenvalue weighted by Crippen LogP contribution is 2.42. The first-order chi connectivity index (χ1) is 13.3. The molecule has 1 unspecified atom stereocenters. The third kappa shape index (κ3) is 4.64. The van der Waals surface area contributed by atoms with Crippen LogP contribution in [-0.2, 0) is 10.2 Å². The summed E-state index contributed by atoms with van der Waals surface area (Å²) in [6.45, 7) is 3.91. The summed E-state index contributed by atoms with van der Waals surface area (Å²) in [7, 11) is 0. The molecule has 3 aromatic rings. The fraction of sp³-hybridized carbons (Fsp3) is 0.208. The monoisotopic (exact) mass is 392 g/mol. The Bertz CT molecular complexity index is 921. The van der Waals surface area contributed by atoms with Crippen molar-refractivity contribution >= 4 is 17.7 Å². The number of hydrogen-bond donors (Lipinski definition) is 2. The van der Waals surface area contributed by atoms with E-state index in [0.717, 1.165) is 28.5 Å². The Labute approximate surface area is 170 Å². The summed E-state index contributed by atoms with van der Waals surface area (Å²) in [5.74, 6) is -1.23. The minimum Gasteiger partial charge on any atom is -0.478 e. The van der Waals surface area contributed by atoms with Crippen LogP contribution in [0.2, 0.25) is 0 Å². The van der Waals surface area contributed by atoms with Crippen molar-refractivity contribution in [2.24, 2.45) is 0 Å². The largest absolute Gasteiger partial charge is 0.478 e. The Morgan fingerprint density at radius 1 is 0.821 bits per heavy atom. The number of hydrogen-bond acceptors (Lipinski definition) is 3. The smallest absolute Gasteiger partial charge is 0.346 e. The van der Waals surface area contributed by atoms with E-state index in [9.17, 15) is 15.0 Å². The second-order valence-corrected chi connectivity index (χ2v) is 8.86. The third-order valence-corrected chi connectivity index (χ3v) is 5.98. The average Bonchev–Trinajstić information content (AvgIpc) is 2.69. The molecule has 0 saturated heterocycles. The Hall–Kier alpha value is -2.56. The van der Waals surface area contributed by atoms with Crippen LogP contribution < -0.4 is 0 Å². The zero-order valence-corrected chi connectivity index (χ0v) is 16.8. The highest BCUT2D eigenvalue weighted by Gasteiger charge is 2.43. The maximum atomic E-state index is 12.0. The summed E-state index contributed by atoms with van der Waals surface area (Å²) in [5, 5.41) is 20.8. The van der Waals surface area contributed by atoms with Gasteiger partial charge in [-0.25, -0.2) is 4.79 Å². The molecule has 3 rings (SSSR count). The first-order valence-corrected chi connectivity index (χ1v) is 9.98. The van der Waals surface area contributed by atoms with Gasteiger partial charge >= 0.3 is 5.97 Å². The van der Waals surface area contributed by atoms with Crippen molar-refractivity contribution in [1.29, 1.82) is 0 Å². The maximum absolute atomic E-state index is 12.0. The molecule has 28 heavy (non-hydrogen) atoms. The van der Waals surface area contributed by atoms with E-state index in [2.05, 4.69) is 0 Å². The molecule has 3 aromatic carbocycles. The van der Waals surface area contributed by atoms with E-state index in [1.54, 1.807) is 0 Å². The molecule has 3 nitrogen and oxygen atoms in total. The van der Waals surface area contributed by atoms with Gasteiger partial charge in [-0.05, 0) is 34.2 Å². The highest BCUT2D eigenvalue weighted by molar-refractivity contribution is 8.01. The molecule has 0 aromatic heterocycles. The molecule has 0 fully saturated rings. The van der Waals surface area contributed by atoms with Gasteiger partial charge in [-0.3, -0.25) is 0 Å². The summed E-state index contributed by atoms with van der Waals surface area (Å²) >= 11 is 0.981. The van der Waals surface area contributed by atoms with Crippen LogP contribution in [-0.4, -0.2) is 21.1 Å². The van der Waals surface area contributed by atoms with Gasteiger partial charge in [-0.1, -0.05) is 98.4 Å². The fourth-order valence-corrected chi connectivity index (χ4v) is 4.47. The Kier molecular flexibility index (Phi) is 5.92. The molecule has 0 bridgehead atoms. The van der Waals surface area contributed by atoms with E-state index in [-0.39, 0.29) is 6.42 Å². The maximum Gasteiger partial charge on any atom is 0.346 e. The summed E-state index contributed by atoms with van der Waals surface area (Å²) in [6, 6.07) is 27.3. The molecule has 4 heteroatoms. The number of carbonyl (C=O) groups is 1. The number of aliphatic carboxylic acids is 1. The van der Waals surface area contributed by atoms with Gasteiger partial charge in [0, 0.05) is 11.3 Å². The number of carboxylic acid groups (broad SMARTS) is 1. The molecule has 0 saturated carbocycles. The molecular weight excluding hydrogens is 368 g/mol. The molecular formula is C24H24O3S. The number of carboxylic acids is 1. The topological polar surface area (TPSA) is 57.5 Å². The predicted octanol–water partition coefficient (Wildman–Crippen LogP) is 5.59. The van der Waals surface area contributed by atoms with Gasteiger partial charge in [0.25, 0.3) is 0 Å². The van der Waals surface area contributed by atoms with Crippen molar-refractivity contribution < 1.29 is 15.0 Å². The first-order valence-electron chi connectivity index (χ1n) is 9.16. The average molecular weight is 393 g/mol. The lowest BCUT2D eigenvalue weighted by Crippen LogP contribution is -2.40. The normalized spacial score (nSPS) is 13.7. The molecule has 0 aliphatic heterocycles. The van der Waals surface area contributed by atoms with Crippen LogP contribution in [0.1, 0.15) is 25.8 Å². The lowest BCUT2D eigenvalue weighted by atomic mass is 9.79. The summed E-state index contributed by atoms with van der Waals surface area (Å²) in [6.07, 6.45) is 0.0877. The van der Waals surface area contributed by atoms with Gasteiger partial charge in [0.2, 0.25) is 4.93 Å². The van der Waals surface area contributed by atoms with Crippen LogP contribution in [0.4, 0.5) is 0 Å². The van der Waals surface area contributed by atoms with Gasteiger partial charge < -0.3 is 10.2 Å². The van der Waals surface area contributed by atoms with E-state index < -0.39 is 16.3 Å². The molecule has 0 spiro atoms. The molecule has 0 aliphatic carbocycles. The van der Waals surface area contributed by atoms with E-state index >= 15 is 0 Å². The van der Waals surface area contributed by atoms with Crippen LogP contribution in [0.5, 0.6) is 0 Å². The zero-order chi connectivity index (χ0) is 20.2. The van der Waals surface area contributed by atoms with Crippen LogP contribution >= 0.6 is 11.8 Å². The van der Waals surface area contributed by atoms with Crippen molar-refractivity contribution in [2.45, 2.75) is 35.5 Å². The number of benzene rings is 3. The Morgan fingerprint density at radius 3 is 1.86 bits per heavy atom. The Balaban J connectivity index is 1.81. The predicted molar refractivity (Wildman–Crippen MR) is 114 cm³/mol. The van der Waals surface area contributed by atoms with Crippen molar-refractivity contribution in [3.05, 3.63) is 90.5 Å². The SMILES string of the molecule is CC(C)(CC(O)(Sc1ccc(-c2ccccc2)cc1)C(=O)O)c1ccccc1. The molecule has 0 aliphatic rings. The van der Waals surface area contributed by atoms with Crippen LogP contribution in [0, 0.1) is 0 Å². The number of thioether (sulfide) groups is 1. The summed E-state index contributed by atoms with van der Waals surface area (Å²) < 4.78 is 0. The van der Waals surface area contributed by atoms with Gasteiger partial charge in [-0.2, -0.15) is 0 Å². The lowest BCUT2D eigenvalue weighted by molar-refractivity contribution is -0.150. The standard InChI is InChI=1S/C24H24O3S/c1-23(2,20-11-7-4-8-12-20)17-24(27,22(25)26)28-21-15-13-19(14-16-21)18-9-5-3-6-10-18/h3-16,27H,17H2,1-2H3,(H,25,26). The van der Waals surface area contributed by atoms with E-state index in [4.69, 9.17) is 0 Å². The van der Waals surface area contributed by atoms with Crippen LogP contribution in [0.15, 0.2) is 89.8 Å². The number of rotatable bonds is 7. The van der Waals surface area contributed by atoms with E-state index in [1.165, 1.54) is 0 Å². The van der Waals surface area contributed by atoms with Gasteiger partial charge in [0.05, 0.1) is 0 Å². The highest BCUT2D eigenvalue weighted by atomic mass is 32.2. The zero-order valence-electron chi connectivity index (χ0n) is 16.0. The molecule has 2 N–H and O–H groups in total. The van der Waals surface area contributed by atoms with Crippen molar-refractivity contribution in [1.82, 2.24) is 0 Å². The molecule has 0 amide bonds. The van der Waals surface area contributed by atoms with E-state index in [0.29, 0.717) is 4.90 Å². The third-order valence-electron chi connectivity index (χ3n) is 4.82. The lowest BCUT2D eigenvalue weighted by Gasteiger charge is -2.33. The molecule has 144 valence electrons. The summed E-state index contributed by atoms with van der Waals surface area (Å²) in [4.78, 5) is 10.7. The minimum atomic E-state index is -1.92. The van der Waals surface area contributed by atoms with Crippen molar-refractivity contribution in [2.75, 3.05) is 0 Å². The van der Waals surface area contributed by atoms with Crippen LogP contribution in [0.25, 0.3) is 11.1 Å². The van der Waals surface area contributed by atoms with Gasteiger partial charge in [0.1, 0.15) is 0 Å². The minimum absolute atomic E-state index is 0.0877. The Morgan fingerprint density at radius 2 is 1.32 bits per heavy atom. The van der Waals surface area contributed by atoms with Gasteiger partial charge in [-0.15, -0.1) is 0 Å². The first kappa shape index (κ1) is 20.2. The quantitative estimate of drug-likeness (QED) is 0.407. The van der Waals surface area contributed by atoms with E-state index in [1.807, 2.05) is 98.8 Å². The summed E-state index contributed by atoms with van der Waals surface area (Å²) in [5.41, 5.74) is 2.65. The van der Waals surface area contributed by atoms with Gasteiger partial charge in [0.15, 0.2) is 0 Å². The second-order valence-electron chi connectivity index (χ2n) is 7.51. The molecule has 0 heterocycles. The van der Waals surface area contributed by atoms with Crippen molar-refractivity contribution in [3.8, 4) is 11.1 Å². The molecule has 0 radical (unpaired) electrons. The van der Waals surface area contributed by atoms with Crippen LogP contribution in [0.3, 0.4) is 0 Å². The molecule has 1 atom stereocenters. The fourth-order valence-electron chi connectivity index (χ4n) is 3.29. The van der Waals surface area contributed by atoms with Crippen molar-refractivity contribution in [3.63, 3.8) is 0 Å².